The van der Waals surface area contributed by atoms with E-state index in [1.807, 2.05) is 45.0 Å². The Kier molecular flexibility index (Phi) is 29.9. The Labute approximate surface area is 200 Å². The summed E-state index contributed by atoms with van der Waals surface area (Å²) >= 11 is 0. The summed E-state index contributed by atoms with van der Waals surface area (Å²) in [5, 5.41) is 11.9. The quantitative estimate of drug-likeness (QED) is 0.308. The highest BCUT2D eigenvalue weighted by molar-refractivity contribution is 6.18. The van der Waals surface area contributed by atoms with Crippen molar-refractivity contribution >= 4 is 11.5 Å². The van der Waals surface area contributed by atoms with Crippen LogP contribution in [-0.2, 0) is 4.79 Å². The number of hydrogen-bond acceptors (Lipinski definition) is 3. The molecule has 0 spiro atoms. The normalized spacial score (nSPS) is 13.9. The summed E-state index contributed by atoms with van der Waals surface area (Å²) in [6.45, 7) is 19.7. The smallest absolute Gasteiger partial charge is 0.248 e. The molecule has 0 unspecified atom stereocenters. The van der Waals surface area contributed by atoms with Gasteiger partial charge < -0.3 is 16.2 Å². The molecule has 0 radical (unpaired) electrons. The second-order valence-electron chi connectivity index (χ2n) is 7.73. The second-order valence-corrected chi connectivity index (χ2v) is 7.73. The van der Waals surface area contributed by atoms with E-state index in [2.05, 4.69) is 39.6 Å². The van der Waals surface area contributed by atoms with Gasteiger partial charge in [0.25, 0.3) is 0 Å². The predicted molar refractivity (Wildman–Crippen MR) is 144 cm³/mol. The molecular formula is C28H54N2O2. The van der Waals surface area contributed by atoms with Crippen LogP contribution >= 0.6 is 0 Å². The van der Waals surface area contributed by atoms with Crippen molar-refractivity contribution in [2.75, 3.05) is 13.2 Å². The molecule has 1 amide bonds. The van der Waals surface area contributed by atoms with Crippen LogP contribution in [0.2, 0.25) is 0 Å². The minimum absolute atomic E-state index is 0.331. The van der Waals surface area contributed by atoms with Crippen LogP contribution in [0.4, 0.5) is 0 Å². The number of unbranched alkanes of at least 4 members (excludes halogenated alkanes) is 3. The third-order valence-corrected chi connectivity index (χ3v) is 4.61. The van der Waals surface area contributed by atoms with Gasteiger partial charge in [-0.05, 0) is 43.9 Å². The van der Waals surface area contributed by atoms with Crippen molar-refractivity contribution in [1.29, 1.82) is 0 Å². The lowest BCUT2D eigenvalue weighted by Crippen LogP contribution is -2.34. The predicted octanol–water partition coefficient (Wildman–Crippen LogP) is 7.03. The molecule has 0 saturated carbocycles. The Morgan fingerprint density at radius 3 is 2.00 bits per heavy atom. The molecule has 1 heterocycles. The molecule has 4 heteroatoms. The molecule has 1 saturated heterocycles. The number of amides is 1. The fourth-order valence-corrected chi connectivity index (χ4v) is 2.87. The third kappa shape index (κ3) is 21.6. The van der Waals surface area contributed by atoms with E-state index in [4.69, 9.17) is 10.8 Å². The van der Waals surface area contributed by atoms with Gasteiger partial charge in [0.05, 0.1) is 0 Å². The van der Waals surface area contributed by atoms with E-state index in [1.54, 1.807) is 0 Å². The molecule has 1 atom stereocenters. The van der Waals surface area contributed by atoms with Crippen LogP contribution < -0.4 is 11.1 Å². The van der Waals surface area contributed by atoms with Gasteiger partial charge in [-0.2, -0.15) is 0 Å². The molecule has 2 rings (SSSR count). The largest absolute Gasteiger partial charge is 0.396 e. The minimum Gasteiger partial charge on any atom is -0.396 e. The maximum atomic E-state index is 10.8. The molecule has 0 bridgehead atoms. The first-order valence-electron chi connectivity index (χ1n) is 12.8. The van der Waals surface area contributed by atoms with E-state index in [0.717, 1.165) is 24.1 Å². The maximum Gasteiger partial charge on any atom is 0.248 e. The van der Waals surface area contributed by atoms with Crippen molar-refractivity contribution in [1.82, 2.24) is 5.32 Å². The van der Waals surface area contributed by atoms with Gasteiger partial charge in [-0.15, -0.1) is 0 Å². The number of piperidine rings is 1. The number of aliphatic hydroxyl groups is 1. The number of aryl methyl sites for hydroxylation is 1. The van der Waals surface area contributed by atoms with E-state index in [9.17, 15) is 4.79 Å². The maximum absolute atomic E-state index is 10.8. The minimum atomic E-state index is -0.468. The van der Waals surface area contributed by atoms with Gasteiger partial charge in [-0.1, -0.05) is 111 Å². The van der Waals surface area contributed by atoms with E-state index in [-0.39, 0.29) is 0 Å². The van der Waals surface area contributed by atoms with E-state index in [1.165, 1.54) is 51.4 Å². The van der Waals surface area contributed by atoms with Gasteiger partial charge >= 0.3 is 0 Å². The van der Waals surface area contributed by atoms with Crippen LogP contribution in [0.1, 0.15) is 110 Å². The average molecular weight is 451 g/mol. The highest BCUT2D eigenvalue weighted by Gasteiger charge is 2.10. The van der Waals surface area contributed by atoms with Crippen molar-refractivity contribution in [2.45, 2.75) is 112 Å². The number of hydrogen-bond donors (Lipinski definition) is 3. The molecule has 188 valence electrons. The Hall–Kier alpha value is -1.65. The highest BCUT2D eigenvalue weighted by atomic mass is 16.3. The highest BCUT2D eigenvalue weighted by Crippen LogP contribution is 2.15. The van der Waals surface area contributed by atoms with Gasteiger partial charge in [0.2, 0.25) is 5.91 Å². The molecule has 32 heavy (non-hydrogen) atoms. The summed E-state index contributed by atoms with van der Waals surface area (Å²) in [5.74, 6) is -0.468. The fraction of sp³-hybridized carbons (Fsp3) is 0.679. The molecule has 1 aliphatic rings. The SMILES string of the molecule is C=C(C(N)=O)c1ccccc1C.CC.CCC.CCCCCC.OCC[C@@H]1CCCCN1. The number of carbonyl (C=O) groups excluding carboxylic acids is 1. The topological polar surface area (TPSA) is 75.4 Å². The van der Waals surface area contributed by atoms with E-state index >= 15 is 0 Å². The Morgan fingerprint density at radius 1 is 1.09 bits per heavy atom. The van der Waals surface area contributed by atoms with Crippen molar-refractivity contribution < 1.29 is 9.90 Å². The Bertz CT molecular complexity index is 531. The lowest BCUT2D eigenvalue weighted by molar-refractivity contribution is -0.112. The molecular weight excluding hydrogens is 396 g/mol. The summed E-state index contributed by atoms with van der Waals surface area (Å²) in [6, 6.07) is 8.12. The third-order valence-electron chi connectivity index (χ3n) is 4.61. The summed E-state index contributed by atoms with van der Waals surface area (Å²) in [7, 11) is 0. The van der Waals surface area contributed by atoms with Crippen LogP contribution in [-0.4, -0.2) is 30.2 Å². The molecule has 4 N–H and O–H groups in total. The first-order chi connectivity index (χ1) is 15.4. The number of primary amides is 1. The van der Waals surface area contributed by atoms with Crippen LogP contribution in [0.5, 0.6) is 0 Å². The van der Waals surface area contributed by atoms with Gasteiger partial charge in [0.15, 0.2) is 0 Å². The zero-order valence-corrected chi connectivity index (χ0v) is 22.3. The second kappa shape index (κ2) is 27.4. The molecule has 4 nitrogen and oxygen atoms in total. The van der Waals surface area contributed by atoms with Crippen molar-refractivity contribution in [3.63, 3.8) is 0 Å². The molecule has 0 aromatic heterocycles. The molecule has 1 aliphatic heterocycles. The Balaban J connectivity index is -0.000000373. The molecule has 0 aliphatic carbocycles. The Morgan fingerprint density at radius 2 is 1.62 bits per heavy atom. The van der Waals surface area contributed by atoms with E-state index in [0.29, 0.717) is 18.2 Å². The summed E-state index contributed by atoms with van der Waals surface area (Å²) in [5.41, 5.74) is 7.31. The van der Waals surface area contributed by atoms with Crippen LogP contribution in [0.15, 0.2) is 30.8 Å². The number of rotatable bonds is 7. The van der Waals surface area contributed by atoms with Crippen LogP contribution in [0, 0.1) is 6.92 Å². The average Bonchev–Trinajstić information content (AvgIpc) is 2.81. The van der Waals surface area contributed by atoms with Gasteiger partial charge in [0.1, 0.15) is 0 Å². The molecule has 1 aromatic rings. The summed E-state index contributed by atoms with van der Waals surface area (Å²) in [4.78, 5) is 10.8. The number of nitrogens with one attached hydrogen (secondary N) is 1. The van der Waals surface area contributed by atoms with Crippen molar-refractivity contribution in [2.24, 2.45) is 5.73 Å². The zero-order valence-electron chi connectivity index (χ0n) is 22.3. The lowest BCUT2D eigenvalue weighted by atomic mass is 10.0. The summed E-state index contributed by atoms with van der Waals surface area (Å²) < 4.78 is 0. The number of aliphatic hydroxyl groups excluding tert-OH is 1. The van der Waals surface area contributed by atoms with Crippen LogP contribution in [0.3, 0.4) is 0 Å². The van der Waals surface area contributed by atoms with Crippen molar-refractivity contribution in [3.05, 3.63) is 42.0 Å². The lowest BCUT2D eigenvalue weighted by Gasteiger charge is -2.22. The molecule has 1 aromatic carbocycles. The molecule has 1 fully saturated rings. The standard InChI is InChI=1S/C10H11NO.C7H15NO.C6H14.C3H8.C2H6/c1-7-5-3-4-6-9(7)8(2)10(11)12;9-6-4-7-3-1-2-5-8-7;1-3-5-6-4-2;1-3-2;1-2/h3-6H,2H2,1H3,(H2,11,12);7-9H,1-6H2;3-6H2,1-2H3;3H2,1-2H3;1-2H3/t;7-;;;/m.0.../s1. The zero-order chi connectivity index (χ0) is 25.2. The first kappa shape index (κ1) is 35.0. The van der Waals surface area contributed by atoms with Gasteiger partial charge in [-0.25, -0.2) is 0 Å². The fourth-order valence-electron chi connectivity index (χ4n) is 2.87. The number of carbonyl (C=O) groups is 1. The first-order valence-corrected chi connectivity index (χ1v) is 12.8. The number of nitrogens with two attached hydrogens (primary N) is 1. The van der Waals surface area contributed by atoms with Crippen LogP contribution in [0.25, 0.3) is 5.57 Å². The van der Waals surface area contributed by atoms with Gasteiger partial charge in [-0.3, -0.25) is 4.79 Å². The van der Waals surface area contributed by atoms with Gasteiger partial charge in [0, 0.05) is 18.2 Å². The van der Waals surface area contributed by atoms with E-state index < -0.39 is 5.91 Å². The summed E-state index contributed by atoms with van der Waals surface area (Å²) in [6.07, 6.45) is 11.6. The van der Waals surface area contributed by atoms with Crippen molar-refractivity contribution in [3.8, 4) is 0 Å². The monoisotopic (exact) mass is 450 g/mol. The number of benzene rings is 1.